The zero-order valence-corrected chi connectivity index (χ0v) is 8.62. The summed E-state index contributed by atoms with van der Waals surface area (Å²) in [4.78, 5) is 9.20. The lowest BCUT2D eigenvalue weighted by atomic mass is 10.4. The van der Waals surface area contributed by atoms with Crippen LogP contribution in [0.15, 0.2) is 23.3 Å². The molecule has 1 aromatic rings. The highest BCUT2D eigenvalue weighted by Gasteiger charge is 1.93. The van der Waals surface area contributed by atoms with E-state index in [1.807, 2.05) is 37.3 Å². The van der Waals surface area contributed by atoms with Gasteiger partial charge in [-0.15, -0.1) is 0 Å². The monoisotopic (exact) mass is 195 g/mol. The number of nitrogens with two attached hydrogens (primary N) is 1. The Morgan fingerprint density at radius 3 is 3.00 bits per heavy atom. The topological polar surface area (TPSA) is 69.4 Å². The second-order valence-corrected chi connectivity index (χ2v) is 3.31. The molecule has 0 atom stereocenters. The summed E-state index contributed by atoms with van der Waals surface area (Å²) in [5, 5.41) is 2.98. The summed E-state index contributed by atoms with van der Waals surface area (Å²) in [5.74, 6) is 0.466. The molecule has 1 aromatic heterocycles. The van der Waals surface area contributed by atoms with Gasteiger partial charge in [0.15, 0.2) is 5.96 Å². The number of nitrogens with zero attached hydrogens (tertiary/aromatic N) is 2. The molecule has 78 valence electrons. The van der Waals surface area contributed by atoms with Crippen LogP contribution in [0.5, 0.6) is 0 Å². The fourth-order valence-electron chi connectivity index (χ4n) is 0.931. The molecule has 0 saturated heterocycles. The maximum atomic E-state index is 5.64. The van der Waals surface area contributed by atoms with E-state index in [9.17, 15) is 0 Å². The SMILES string of the molecule is CN(C)CNC(N)=NCc1ccc[nH]1. The van der Waals surface area contributed by atoms with E-state index in [0.29, 0.717) is 19.2 Å². The van der Waals surface area contributed by atoms with Crippen LogP contribution in [0.25, 0.3) is 0 Å². The van der Waals surface area contributed by atoms with Gasteiger partial charge in [-0.2, -0.15) is 0 Å². The molecule has 1 rings (SSSR count). The quantitative estimate of drug-likeness (QED) is 0.358. The molecule has 0 spiro atoms. The Morgan fingerprint density at radius 2 is 2.43 bits per heavy atom. The Balaban J connectivity index is 2.30. The first kappa shape index (κ1) is 10.6. The molecule has 0 aromatic carbocycles. The number of rotatable bonds is 4. The van der Waals surface area contributed by atoms with Gasteiger partial charge >= 0.3 is 0 Å². The Hall–Kier alpha value is -1.49. The van der Waals surface area contributed by atoms with E-state index in [-0.39, 0.29) is 0 Å². The lowest BCUT2D eigenvalue weighted by molar-refractivity contribution is 0.399. The number of H-pyrrole nitrogens is 1. The van der Waals surface area contributed by atoms with Crippen molar-refractivity contribution in [3.05, 3.63) is 24.0 Å². The summed E-state index contributed by atoms with van der Waals surface area (Å²) in [6.45, 7) is 1.28. The number of guanidine groups is 1. The first-order valence-corrected chi connectivity index (χ1v) is 4.49. The molecule has 4 N–H and O–H groups in total. The Kier molecular flexibility index (Phi) is 4.00. The summed E-state index contributed by atoms with van der Waals surface area (Å²) in [7, 11) is 3.93. The number of hydrogen-bond acceptors (Lipinski definition) is 2. The lowest BCUT2D eigenvalue weighted by Gasteiger charge is -2.11. The second kappa shape index (κ2) is 5.29. The maximum absolute atomic E-state index is 5.64. The van der Waals surface area contributed by atoms with Crippen molar-refractivity contribution in [2.45, 2.75) is 6.54 Å². The molecule has 0 aliphatic rings. The average molecular weight is 195 g/mol. The third-order valence-corrected chi connectivity index (χ3v) is 1.66. The first-order chi connectivity index (χ1) is 6.68. The fraction of sp³-hybridized carbons (Fsp3) is 0.444. The fourth-order valence-corrected chi connectivity index (χ4v) is 0.931. The second-order valence-electron chi connectivity index (χ2n) is 3.31. The molecule has 5 heteroatoms. The van der Waals surface area contributed by atoms with Crippen LogP contribution in [0.4, 0.5) is 0 Å². The first-order valence-electron chi connectivity index (χ1n) is 4.49. The molecule has 0 fully saturated rings. The van der Waals surface area contributed by atoms with Gasteiger partial charge in [0.25, 0.3) is 0 Å². The normalized spacial score (nSPS) is 12.1. The van der Waals surface area contributed by atoms with Crippen molar-refractivity contribution in [2.24, 2.45) is 10.7 Å². The van der Waals surface area contributed by atoms with Crippen LogP contribution >= 0.6 is 0 Å². The van der Waals surface area contributed by atoms with Crippen molar-refractivity contribution in [3.63, 3.8) is 0 Å². The molecule has 0 saturated carbocycles. The Morgan fingerprint density at radius 1 is 1.64 bits per heavy atom. The molecule has 5 nitrogen and oxygen atoms in total. The van der Waals surface area contributed by atoms with E-state index < -0.39 is 0 Å². The summed E-state index contributed by atoms with van der Waals surface area (Å²) in [5.41, 5.74) is 6.69. The van der Waals surface area contributed by atoms with Gasteiger partial charge in [0.1, 0.15) is 0 Å². The van der Waals surface area contributed by atoms with Crippen molar-refractivity contribution >= 4 is 5.96 Å². The van der Waals surface area contributed by atoms with Crippen LogP contribution in [0.2, 0.25) is 0 Å². The molecule has 0 amide bonds. The minimum atomic E-state index is 0.466. The highest BCUT2D eigenvalue weighted by molar-refractivity contribution is 5.77. The predicted octanol–water partition coefficient (Wildman–Crippen LogP) is -0.0619. The van der Waals surface area contributed by atoms with Gasteiger partial charge in [0.2, 0.25) is 0 Å². The van der Waals surface area contributed by atoms with Gasteiger partial charge in [0.05, 0.1) is 13.2 Å². The van der Waals surface area contributed by atoms with E-state index >= 15 is 0 Å². The number of hydrogen-bond donors (Lipinski definition) is 3. The van der Waals surface area contributed by atoms with E-state index in [2.05, 4.69) is 15.3 Å². The number of aromatic amines is 1. The van der Waals surface area contributed by atoms with E-state index in [1.54, 1.807) is 0 Å². The molecule has 1 heterocycles. The van der Waals surface area contributed by atoms with Crippen LogP contribution in [0, 0.1) is 0 Å². The number of nitrogens with one attached hydrogen (secondary N) is 2. The van der Waals surface area contributed by atoms with Gasteiger partial charge in [-0.05, 0) is 26.2 Å². The van der Waals surface area contributed by atoms with Crippen molar-refractivity contribution in [1.29, 1.82) is 0 Å². The highest BCUT2D eigenvalue weighted by atomic mass is 15.2. The standard InChI is InChI=1S/C9H17N5/c1-14(2)7-13-9(10)12-6-8-4-3-5-11-8/h3-5,11H,6-7H2,1-2H3,(H3,10,12,13). The van der Waals surface area contributed by atoms with Gasteiger partial charge in [-0.3, -0.25) is 4.90 Å². The van der Waals surface area contributed by atoms with E-state index in [0.717, 1.165) is 5.69 Å². The number of aromatic nitrogens is 1. The minimum Gasteiger partial charge on any atom is -0.370 e. The van der Waals surface area contributed by atoms with Crippen LogP contribution < -0.4 is 11.1 Å². The highest BCUT2D eigenvalue weighted by Crippen LogP contribution is 1.95. The van der Waals surface area contributed by atoms with Crippen molar-refractivity contribution in [3.8, 4) is 0 Å². The smallest absolute Gasteiger partial charge is 0.189 e. The zero-order chi connectivity index (χ0) is 10.4. The molecule has 14 heavy (non-hydrogen) atoms. The molecule has 0 aliphatic heterocycles. The van der Waals surface area contributed by atoms with E-state index in [1.165, 1.54) is 0 Å². The van der Waals surface area contributed by atoms with Gasteiger partial charge < -0.3 is 16.0 Å². The Bertz CT molecular complexity index is 275. The minimum absolute atomic E-state index is 0.466. The van der Waals surface area contributed by atoms with Crippen molar-refractivity contribution in [1.82, 2.24) is 15.2 Å². The molecule has 0 unspecified atom stereocenters. The van der Waals surface area contributed by atoms with Gasteiger partial charge in [-0.25, -0.2) is 4.99 Å². The largest absolute Gasteiger partial charge is 0.370 e. The lowest BCUT2D eigenvalue weighted by Crippen LogP contribution is -2.38. The van der Waals surface area contributed by atoms with Crippen LogP contribution in [-0.4, -0.2) is 36.6 Å². The van der Waals surface area contributed by atoms with Crippen LogP contribution in [0.1, 0.15) is 5.69 Å². The van der Waals surface area contributed by atoms with Crippen molar-refractivity contribution < 1.29 is 0 Å². The average Bonchev–Trinajstić information content (AvgIpc) is 2.63. The maximum Gasteiger partial charge on any atom is 0.189 e. The molecule has 0 bridgehead atoms. The van der Waals surface area contributed by atoms with Crippen LogP contribution in [-0.2, 0) is 6.54 Å². The number of aliphatic imine (C=N–C) groups is 1. The van der Waals surface area contributed by atoms with Crippen LogP contribution in [0.3, 0.4) is 0 Å². The third kappa shape index (κ3) is 3.95. The third-order valence-electron chi connectivity index (χ3n) is 1.66. The van der Waals surface area contributed by atoms with E-state index in [4.69, 9.17) is 5.73 Å². The molecule has 0 aliphatic carbocycles. The molecular weight excluding hydrogens is 178 g/mol. The van der Waals surface area contributed by atoms with Crippen molar-refractivity contribution in [2.75, 3.05) is 20.8 Å². The summed E-state index contributed by atoms with van der Waals surface area (Å²) in [6, 6.07) is 3.91. The predicted molar refractivity (Wildman–Crippen MR) is 57.8 cm³/mol. The summed E-state index contributed by atoms with van der Waals surface area (Å²) >= 11 is 0. The Labute approximate surface area is 84.0 Å². The van der Waals surface area contributed by atoms with Gasteiger partial charge in [0, 0.05) is 11.9 Å². The molecule has 0 radical (unpaired) electrons. The zero-order valence-electron chi connectivity index (χ0n) is 8.62. The summed E-state index contributed by atoms with van der Waals surface area (Å²) in [6.07, 6.45) is 1.87. The van der Waals surface area contributed by atoms with Gasteiger partial charge in [-0.1, -0.05) is 0 Å². The summed E-state index contributed by atoms with van der Waals surface area (Å²) < 4.78 is 0. The molecular formula is C9H17N5.